The van der Waals surface area contributed by atoms with E-state index in [0.717, 1.165) is 44.3 Å². The van der Waals surface area contributed by atoms with Crippen molar-refractivity contribution in [3.8, 4) is 5.75 Å². The van der Waals surface area contributed by atoms with E-state index in [1.54, 1.807) is 0 Å². The molecule has 0 radical (unpaired) electrons. The van der Waals surface area contributed by atoms with E-state index in [-0.39, 0.29) is 18.8 Å². The Hall–Kier alpha value is -3.11. The Balaban J connectivity index is 1.33. The van der Waals surface area contributed by atoms with E-state index >= 15 is 0 Å². The third-order valence-corrected chi connectivity index (χ3v) is 7.02. The molecule has 184 valence electrons. The van der Waals surface area contributed by atoms with Gasteiger partial charge in [-0.25, -0.2) is 4.79 Å². The molecule has 0 saturated carbocycles. The molecular formula is C31H36O4. The molecule has 0 aromatic heterocycles. The molecule has 3 aromatic carbocycles. The Kier molecular flexibility index (Phi) is 8.96. The Morgan fingerprint density at radius 1 is 0.971 bits per heavy atom. The van der Waals surface area contributed by atoms with Gasteiger partial charge in [-0.1, -0.05) is 92.6 Å². The SMILES string of the molecule is CCC(CCCC1CCc2c(cccc2OCC(=O)O)C1)OC(c1ccccc1)c1ccccc1. The van der Waals surface area contributed by atoms with Crippen molar-refractivity contribution in [2.75, 3.05) is 6.61 Å². The lowest BCUT2D eigenvalue weighted by Gasteiger charge is -2.28. The number of ether oxygens (including phenoxy) is 2. The summed E-state index contributed by atoms with van der Waals surface area (Å²) in [5.74, 6) is 0.440. The highest BCUT2D eigenvalue weighted by atomic mass is 16.5. The van der Waals surface area contributed by atoms with Crippen molar-refractivity contribution >= 4 is 5.97 Å². The molecule has 0 fully saturated rings. The second-order valence-corrected chi connectivity index (χ2v) is 9.48. The van der Waals surface area contributed by atoms with Gasteiger partial charge in [0, 0.05) is 0 Å². The second kappa shape index (κ2) is 12.6. The molecule has 0 amide bonds. The van der Waals surface area contributed by atoms with Gasteiger partial charge in [0.15, 0.2) is 6.61 Å². The molecule has 2 atom stereocenters. The summed E-state index contributed by atoms with van der Waals surface area (Å²) in [5.41, 5.74) is 4.89. The summed E-state index contributed by atoms with van der Waals surface area (Å²) in [5, 5.41) is 8.93. The van der Waals surface area contributed by atoms with Gasteiger partial charge >= 0.3 is 5.97 Å². The van der Waals surface area contributed by atoms with Crippen LogP contribution in [0.3, 0.4) is 0 Å². The lowest BCUT2D eigenvalue weighted by atomic mass is 9.81. The highest BCUT2D eigenvalue weighted by molar-refractivity contribution is 5.68. The normalized spacial score (nSPS) is 16.0. The van der Waals surface area contributed by atoms with E-state index in [2.05, 4.69) is 61.5 Å². The third kappa shape index (κ3) is 6.95. The number of carboxylic acid groups (broad SMARTS) is 1. The van der Waals surface area contributed by atoms with Crippen LogP contribution in [0, 0.1) is 5.92 Å². The summed E-state index contributed by atoms with van der Waals surface area (Å²) in [6.45, 7) is 1.93. The predicted octanol–water partition coefficient (Wildman–Crippen LogP) is 7.01. The molecule has 1 aliphatic rings. The third-order valence-electron chi connectivity index (χ3n) is 7.02. The maximum atomic E-state index is 10.9. The Bertz CT molecular complexity index is 1020. The van der Waals surface area contributed by atoms with Gasteiger partial charge < -0.3 is 14.6 Å². The van der Waals surface area contributed by atoms with Crippen LogP contribution in [0.4, 0.5) is 0 Å². The lowest BCUT2D eigenvalue weighted by molar-refractivity contribution is -0.139. The monoisotopic (exact) mass is 472 g/mol. The van der Waals surface area contributed by atoms with Gasteiger partial charge in [0.05, 0.1) is 6.10 Å². The molecular weight excluding hydrogens is 436 g/mol. The predicted molar refractivity (Wildman–Crippen MR) is 139 cm³/mol. The van der Waals surface area contributed by atoms with E-state index in [1.165, 1.54) is 28.7 Å². The van der Waals surface area contributed by atoms with Crippen molar-refractivity contribution in [3.63, 3.8) is 0 Å². The van der Waals surface area contributed by atoms with Gasteiger partial charge in [-0.3, -0.25) is 0 Å². The Morgan fingerprint density at radius 3 is 2.29 bits per heavy atom. The number of fused-ring (bicyclic) bond motifs is 1. The zero-order chi connectivity index (χ0) is 24.5. The number of carboxylic acids is 1. The van der Waals surface area contributed by atoms with E-state index in [0.29, 0.717) is 5.92 Å². The zero-order valence-electron chi connectivity index (χ0n) is 20.6. The molecule has 1 N–H and O–H groups in total. The summed E-state index contributed by atoms with van der Waals surface area (Å²) in [7, 11) is 0. The molecule has 0 aliphatic heterocycles. The topological polar surface area (TPSA) is 55.8 Å². The molecule has 0 bridgehead atoms. The largest absolute Gasteiger partial charge is 0.482 e. The summed E-state index contributed by atoms with van der Waals surface area (Å²) in [4.78, 5) is 10.9. The standard InChI is InChI=1S/C31H36O4/c1-2-27(35-31(24-12-5-3-6-13-24)25-14-7-4-8-15-25)17-9-11-23-19-20-28-26(21-23)16-10-18-29(28)34-22-30(32)33/h3-8,10,12-16,18,23,27,31H,2,9,11,17,19-22H2,1H3,(H,32,33). The molecule has 0 spiro atoms. The zero-order valence-corrected chi connectivity index (χ0v) is 20.6. The molecule has 0 heterocycles. The van der Waals surface area contributed by atoms with Crippen molar-refractivity contribution in [2.45, 2.75) is 64.1 Å². The molecule has 4 nitrogen and oxygen atoms in total. The number of hydrogen-bond acceptors (Lipinski definition) is 3. The molecule has 35 heavy (non-hydrogen) atoms. The van der Waals surface area contributed by atoms with Gasteiger partial charge in [-0.2, -0.15) is 0 Å². The van der Waals surface area contributed by atoms with Gasteiger partial charge in [0.25, 0.3) is 0 Å². The van der Waals surface area contributed by atoms with E-state index < -0.39 is 5.97 Å². The molecule has 3 aromatic rings. The average Bonchev–Trinajstić information content (AvgIpc) is 2.90. The minimum atomic E-state index is -0.939. The first-order valence-electron chi connectivity index (χ1n) is 12.8. The number of benzene rings is 3. The number of rotatable bonds is 12. The fraction of sp³-hybridized carbons (Fsp3) is 0.387. The first-order chi connectivity index (χ1) is 17.1. The Labute approximate surface area is 208 Å². The second-order valence-electron chi connectivity index (χ2n) is 9.48. The van der Waals surface area contributed by atoms with Gasteiger partial charge in [0.1, 0.15) is 11.9 Å². The highest BCUT2D eigenvalue weighted by Gasteiger charge is 2.23. The maximum Gasteiger partial charge on any atom is 0.341 e. The van der Waals surface area contributed by atoms with Gasteiger partial charge in [0.2, 0.25) is 0 Å². The Morgan fingerprint density at radius 2 is 1.66 bits per heavy atom. The smallest absolute Gasteiger partial charge is 0.341 e. The minimum absolute atomic E-state index is 0.0480. The maximum absolute atomic E-state index is 10.9. The lowest BCUT2D eigenvalue weighted by Crippen LogP contribution is -2.19. The first-order valence-corrected chi connectivity index (χ1v) is 12.8. The molecule has 4 rings (SSSR count). The number of hydrogen-bond donors (Lipinski definition) is 1. The van der Waals surface area contributed by atoms with E-state index in [1.807, 2.05) is 24.3 Å². The molecule has 0 saturated heterocycles. The van der Waals surface area contributed by atoms with Crippen LogP contribution < -0.4 is 4.74 Å². The van der Waals surface area contributed by atoms with Crippen LogP contribution in [-0.2, 0) is 22.4 Å². The summed E-state index contributed by atoms with van der Waals surface area (Å²) >= 11 is 0. The van der Waals surface area contributed by atoms with Crippen LogP contribution in [-0.4, -0.2) is 23.8 Å². The minimum Gasteiger partial charge on any atom is -0.482 e. The quantitative estimate of drug-likeness (QED) is 0.308. The van der Waals surface area contributed by atoms with Crippen molar-refractivity contribution in [1.29, 1.82) is 0 Å². The first kappa shape index (κ1) is 25.0. The fourth-order valence-corrected chi connectivity index (χ4v) is 5.17. The van der Waals surface area contributed by atoms with Crippen molar-refractivity contribution in [3.05, 3.63) is 101 Å². The highest BCUT2D eigenvalue weighted by Crippen LogP contribution is 2.35. The van der Waals surface area contributed by atoms with Crippen LogP contribution in [0.25, 0.3) is 0 Å². The summed E-state index contributed by atoms with van der Waals surface area (Å²) in [6.07, 6.45) is 7.65. The summed E-state index contributed by atoms with van der Waals surface area (Å²) in [6, 6.07) is 27.0. The molecule has 4 heteroatoms. The fourth-order valence-electron chi connectivity index (χ4n) is 5.17. The van der Waals surface area contributed by atoms with Crippen LogP contribution in [0.1, 0.15) is 67.4 Å². The number of carbonyl (C=O) groups is 1. The molecule has 1 aliphatic carbocycles. The molecule has 2 unspecified atom stereocenters. The van der Waals surface area contributed by atoms with Crippen LogP contribution in [0.5, 0.6) is 5.75 Å². The number of aliphatic carboxylic acids is 1. The average molecular weight is 473 g/mol. The van der Waals surface area contributed by atoms with E-state index in [4.69, 9.17) is 14.6 Å². The van der Waals surface area contributed by atoms with Crippen molar-refractivity contribution in [2.24, 2.45) is 5.92 Å². The summed E-state index contributed by atoms with van der Waals surface area (Å²) < 4.78 is 12.2. The van der Waals surface area contributed by atoms with Crippen LogP contribution >= 0.6 is 0 Å². The van der Waals surface area contributed by atoms with Crippen LogP contribution in [0.15, 0.2) is 78.9 Å². The van der Waals surface area contributed by atoms with Crippen molar-refractivity contribution < 1.29 is 19.4 Å². The van der Waals surface area contributed by atoms with E-state index in [9.17, 15) is 4.79 Å². The van der Waals surface area contributed by atoms with Crippen molar-refractivity contribution in [1.82, 2.24) is 0 Å². The van der Waals surface area contributed by atoms with Gasteiger partial charge in [-0.15, -0.1) is 0 Å². The van der Waals surface area contributed by atoms with Gasteiger partial charge in [-0.05, 0) is 66.3 Å². The van der Waals surface area contributed by atoms with Crippen LogP contribution in [0.2, 0.25) is 0 Å².